The highest BCUT2D eigenvalue weighted by molar-refractivity contribution is 7.12. The molecule has 0 atom stereocenters. The molecule has 2 rings (SSSR count). The molecule has 19 heavy (non-hydrogen) atoms. The molecule has 1 heterocycles. The minimum Gasteiger partial charge on any atom is -0.378 e. The summed E-state index contributed by atoms with van der Waals surface area (Å²) in [6, 6.07) is 11.7. The Bertz CT molecular complexity index is 593. The number of carbonyl (C=O) groups is 1. The number of thiophene rings is 1. The van der Waals surface area contributed by atoms with E-state index in [0.717, 1.165) is 16.1 Å². The fourth-order valence-electron chi connectivity index (χ4n) is 1.72. The summed E-state index contributed by atoms with van der Waals surface area (Å²) in [4.78, 5) is 16.4. The van der Waals surface area contributed by atoms with Crippen molar-refractivity contribution in [1.82, 2.24) is 0 Å². The van der Waals surface area contributed by atoms with Gasteiger partial charge in [-0.2, -0.15) is 0 Å². The lowest BCUT2D eigenvalue weighted by Crippen LogP contribution is -2.08. The number of hydrogen-bond donors (Lipinski definition) is 0. The first-order valence-corrected chi connectivity index (χ1v) is 6.94. The Balaban J connectivity index is 2.09. The summed E-state index contributed by atoms with van der Waals surface area (Å²) in [5.41, 5.74) is 1.81. The molecule has 0 aliphatic carbocycles. The van der Waals surface area contributed by atoms with Crippen molar-refractivity contribution in [3.8, 4) is 0 Å². The van der Waals surface area contributed by atoms with Crippen LogP contribution in [-0.2, 0) is 0 Å². The predicted octanol–water partition coefficient (Wildman–Crippen LogP) is 4.02. The number of nitrogens with zero attached hydrogens (tertiary/aromatic N) is 1. The minimum absolute atomic E-state index is 0.0383. The number of anilines is 1. The molecule has 2 nitrogen and oxygen atoms in total. The summed E-state index contributed by atoms with van der Waals surface area (Å²) in [5, 5.41) is 0. The molecule has 0 unspecified atom stereocenters. The summed E-state index contributed by atoms with van der Waals surface area (Å²) < 4.78 is 0. The molecule has 3 heteroatoms. The van der Waals surface area contributed by atoms with Gasteiger partial charge in [0.1, 0.15) is 0 Å². The van der Waals surface area contributed by atoms with Crippen molar-refractivity contribution in [2.24, 2.45) is 0 Å². The second-order valence-corrected chi connectivity index (χ2v) is 5.91. The first-order chi connectivity index (χ1) is 9.06. The summed E-state index contributed by atoms with van der Waals surface area (Å²) in [6.07, 6.45) is 3.51. The zero-order valence-electron chi connectivity index (χ0n) is 11.4. The lowest BCUT2D eigenvalue weighted by atomic mass is 10.1. The highest BCUT2D eigenvalue weighted by Crippen LogP contribution is 2.17. The van der Waals surface area contributed by atoms with Gasteiger partial charge < -0.3 is 4.90 Å². The predicted molar refractivity (Wildman–Crippen MR) is 83.2 cm³/mol. The third-order valence-electron chi connectivity index (χ3n) is 2.83. The highest BCUT2D eigenvalue weighted by atomic mass is 32.1. The van der Waals surface area contributed by atoms with E-state index in [-0.39, 0.29) is 5.78 Å². The van der Waals surface area contributed by atoms with Crippen molar-refractivity contribution < 1.29 is 4.79 Å². The molecular formula is C16H17NOS. The van der Waals surface area contributed by atoms with Gasteiger partial charge in [-0.3, -0.25) is 4.79 Å². The molecule has 98 valence electrons. The van der Waals surface area contributed by atoms with Crippen LogP contribution in [0.2, 0.25) is 0 Å². The third-order valence-corrected chi connectivity index (χ3v) is 3.79. The molecular weight excluding hydrogens is 254 g/mol. The minimum atomic E-state index is 0.0383. The first-order valence-electron chi connectivity index (χ1n) is 6.12. The van der Waals surface area contributed by atoms with Gasteiger partial charge in [0.2, 0.25) is 0 Å². The smallest absolute Gasteiger partial charge is 0.185 e. The maximum atomic E-state index is 12.0. The van der Waals surface area contributed by atoms with Crippen LogP contribution in [0, 0.1) is 6.92 Å². The average molecular weight is 271 g/mol. The molecule has 1 aromatic heterocycles. The summed E-state index contributed by atoms with van der Waals surface area (Å²) in [7, 11) is 3.96. The van der Waals surface area contributed by atoms with Crippen LogP contribution in [-0.4, -0.2) is 19.9 Å². The van der Waals surface area contributed by atoms with Gasteiger partial charge in [0.05, 0.1) is 0 Å². The van der Waals surface area contributed by atoms with E-state index in [1.807, 2.05) is 55.4 Å². The van der Waals surface area contributed by atoms with E-state index in [0.29, 0.717) is 0 Å². The van der Waals surface area contributed by atoms with Gasteiger partial charge in [-0.1, -0.05) is 0 Å². The molecule has 0 saturated heterocycles. The number of allylic oxidation sites excluding steroid dienone is 1. The van der Waals surface area contributed by atoms with Gasteiger partial charge in [-0.25, -0.2) is 0 Å². The number of aryl methyl sites for hydroxylation is 1. The van der Waals surface area contributed by atoms with Gasteiger partial charge >= 0.3 is 0 Å². The Labute approximate surface area is 118 Å². The number of ketones is 1. The molecule has 0 fully saturated rings. The van der Waals surface area contributed by atoms with Crippen molar-refractivity contribution in [3.63, 3.8) is 0 Å². The quantitative estimate of drug-likeness (QED) is 0.618. The second kappa shape index (κ2) is 5.85. The van der Waals surface area contributed by atoms with Crippen molar-refractivity contribution in [2.75, 3.05) is 19.0 Å². The zero-order valence-corrected chi connectivity index (χ0v) is 12.2. The monoisotopic (exact) mass is 271 g/mol. The highest BCUT2D eigenvalue weighted by Gasteiger charge is 2.02. The molecule has 2 aromatic rings. The largest absolute Gasteiger partial charge is 0.378 e. The third kappa shape index (κ3) is 3.55. The maximum Gasteiger partial charge on any atom is 0.185 e. The lowest BCUT2D eigenvalue weighted by Gasteiger charge is -2.11. The van der Waals surface area contributed by atoms with Gasteiger partial charge in [0.25, 0.3) is 0 Å². The fourth-order valence-corrected chi connectivity index (χ4v) is 2.50. The van der Waals surface area contributed by atoms with E-state index < -0.39 is 0 Å². The van der Waals surface area contributed by atoms with E-state index in [9.17, 15) is 4.79 Å². The van der Waals surface area contributed by atoms with E-state index in [4.69, 9.17) is 0 Å². The van der Waals surface area contributed by atoms with Crippen molar-refractivity contribution in [2.45, 2.75) is 6.92 Å². The SMILES string of the molecule is Cc1ccc(/C=C/C(=O)c2ccc(N(C)C)cc2)s1. The molecule has 0 bridgehead atoms. The van der Waals surface area contributed by atoms with Crippen LogP contribution in [0.25, 0.3) is 6.08 Å². The number of carbonyl (C=O) groups excluding carboxylic acids is 1. The molecule has 0 aliphatic heterocycles. The zero-order chi connectivity index (χ0) is 13.8. The number of hydrogen-bond acceptors (Lipinski definition) is 3. The van der Waals surface area contributed by atoms with Gasteiger partial charge in [0.15, 0.2) is 5.78 Å². The van der Waals surface area contributed by atoms with Crippen molar-refractivity contribution in [1.29, 1.82) is 0 Å². The summed E-state index contributed by atoms with van der Waals surface area (Å²) in [5.74, 6) is 0.0383. The van der Waals surface area contributed by atoms with E-state index in [2.05, 4.69) is 13.0 Å². The lowest BCUT2D eigenvalue weighted by molar-refractivity contribution is 0.104. The van der Waals surface area contributed by atoms with Crippen molar-refractivity contribution in [3.05, 3.63) is 57.8 Å². The molecule has 0 N–H and O–H groups in total. The van der Waals surface area contributed by atoms with E-state index in [1.165, 1.54) is 4.88 Å². The van der Waals surface area contributed by atoms with Gasteiger partial charge in [-0.05, 0) is 55.5 Å². The van der Waals surface area contributed by atoms with Gasteiger partial charge in [-0.15, -0.1) is 11.3 Å². The van der Waals surface area contributed by atoms with E-state index in [1.54, 1.807) is 17.4 Å². The Hall–Kier alpha value is -1.87. The summed E-state index contributed by atoms with van der Waals surface area (Å²) >= 11 is 1.69. The molecule has 0 radical (unpaired) electrons. The van der Waals surface area contributed by atoms with Crippen LogP contribution >= 0.6 is 11.3 Å². The Morgan fingerprint density at radius 3 is 2.32 bits per heavy atom. The van der Waals surface area contributed by atoms with Crippen molar-refractivity contribution >= 4 is 28.9 Å². The Kier molecular flexibility index (Phi) is 4.17. The Morgan fingerprint density at radius 1 is 1.11 bits per heavy atom. The van der Waals surface area contributed by atoms with Crippen LogP contribution in [0.3, 0.4) is 0 Å². The molecule has 1 aromatic carbocycles. The number of rotatable bonds is 4. The number of benzene rings is 1. The normalized spacial score (nSPS) is 10.9. The first kappa shape index (κ1) is 13.6. The molecule has 0 aliphatic rings. The van der Waals surface area contributed by atoms with Crippen LogP contribution in [0.15, 0.2) is 42.5 Å². The average Bonchev–Trinajstić information content (AvgIpc) is 2.82. The maximum absolute atomic E-state index is 12.0. The standard InChI is InChI=1S/C16H17NOS/c1-12-4-9-15(19-12)10-11-16(18)13-5-7-14(8-6-13)17(2)3/h4-11H,1-3H3/b11-10+. The van der Waals surface area contributed by atoms with E-state index >= 15 is 0 Å². The molecule has 0 saturated carbocycles. The fraction of sp³-hybridized carbons (Fsp3) is 0.188. The molecule has 0 spiro atoms. The second-order valence-electron chi connectivity index (χ2n) is 4.59. The topological polar surface area (TPSA) is 20.3 Å². The van der Waals surface area contributed by atoms with Crippen LogP contribution in [0.5, 0.6) is 0 Å². The van der Waals surface area contributed by atoms with Crippen LogP contribution in [0.4, 0.5) is 5.69 Å². The van der Waals surface area contributed by atoms with Gasteiger partial charge in [0, 0.05) is 35.1 Å². The molecule has 0 amide bonds. The Morgan fingerprint density at radius 2 is 1.79 bits per heavy atom. The van der Waals surface area contributed by atoms with Crippen LogP contribution in [0.1, 0.15) is 20.1 Å². The van der Waals surface area contributed by atoms with Crippen LogP contribution < -0.4 is 4.90 Å². The summed E-state index contributed by atoms with van der Waals surface area (Å²) in [6.45, 7) is 2.06.